The number of hydrogen-bond acceptors (Lipinski definition) is 2. The maximum absolute atomic E-state index is 13.0. The summed E-state index contributed by atoms with van der Waals surface area (Å²) in [7, 11) is 0. The van der Waals surface area contributed by atoms with Crippen molar-refractivity contribution >= 4 is 5.91 Å². The molecule has 0 saturated carbocycles. The first-order valence-corrected chi connectivity index (χ1v) is 7.61. The summed E-state index contributed by atoms with van der Waals surface area (Å²) in [4.78, 5) is 21.7. The van der Waals surface area contributed by atoms with Crippen LogP contribution >= 0.6 is 0 Å². The summed E-state index contributed by atoms with van der Waals surface area (Å²) in [5.74, 6) is 1.35. The van der Waals surface area contributed by atoms with E-state index in [4.69, 9.17) is 0 Å². The summed E-state index contributed by atoms with van der Waals surface area (Å²) in [6.07, 6.45) is 2.25. The quantitative estimate of drug-likeness (QED) is 0.943. The molecule has 1 saturated heterocycles. The summed E-state index contributed by atoms with van der Waals surface area (Å²) >= 11 is 0. The van der Waals surface area contributed by atoms with Gasteiger partial charge in [0.2, 0.25) is 5.91 Å². The first-order chi connectivity index (χ1) is 10.5. The van der Waals surface area contributed by atoms with Crippen LogP contribution in [-0.4, -0.2) is 33.9 Å². The molecule has 4 nitrogen and oxygen atoms in total. The lowest BCUT2D eigenvalue weighted by molar-refractivity contribution is -0.128. The number of imidazole rings is 1. The molecule has 116 valence electrons. The highest BCUT2D eigenvalue weighted by Gasteiger charge is 2.32. The molecule has 0 radical (unpaired) electrons. The van der Waals surface area contributed by atoms with E-state index in [1.807, 2.05) is 4.90 Å². The first-order valence-electron chi connectivity index (χ1n) is 7.61. The number of benzene rings is 1. The Labute approximate surface area is 129 Å². The molecule has 1 unspecified atom stereocenters. The van der Waals surface area contributed by atoms with E-state index < -0.39 is 0 Å². The average molecular weight is 301 g/mol. The van der Waals surface area contributed by atoms with Crippen LogP contribution in [0.2, 0.25) is 0 Å². The van der Waals surface area contributed by atoms with E-state index in [1.54, 1.807) is 18.3 Å². The summed E-state index contributed by atoms with van der Waals surface area (Å²) in [5.41, 5.74) is 1.74. The largest absolute Gasteiger partial charge is 0.342 e. The Bertz CT molecular complexity index is 663. The molecular weight excluding hydrogens is 281 g/mol. The molecule has 1 atom stereocenters. The Kier molecular flexibility index (Phi) is 3.96. The van der Waals surface area contributed by atoms with E-state index >= 15 is 0 Å². The molecule has 5 heteroatoms. The maximum atomic E-state index is 13.0. The zero-order valence-corrected chi connectivity index (χ0v) is 12.8. The molecular formula is C17H20FN3O. The van der Waals surface area contributed by atoms with Gasteiger partial charge in [-0.15, -0.1) is 0 Å². The second-order valence-electron chi connectivity index (χ2n) is 6.28. The predicted molar refractivity (Wildman–Crippen MR) is 82.8 cm³/mol. The third-order valence-corrected chi connectivity index (χ3v) is 3.94. The maximum Gasteiger partial charge on any atom is 0.223 e. The van der Waals surface area contributed by atoms with Crippen LogP contribution in [0.5, 0.6) is 0 Å². The number of halogens is 1. The van der Waals surface area contributed by atoms with Crippen molar-refractivity contribution in [1.82, 2.24) is 14.9 Å². The number of aromatic amines is 1. The molecule has 0 bridgehead atoms. The summed E-state index contributed by atoms with van der Waals surface area (Å²) in [5, 5.41) is 0. The lowest BCUT2D eigenvalue weighted by Crippen LogP contribution is -2.29. The van der Waals surface area contributed by atoms with Crippen molar-refractivity contribution < 1.29 is 9.18 Å². The highest BCUT2D eigenvalue weighted by atomic mass is 19.1. The first kappa shape index (κ1) is 14.8. The minimum atomic E-state index is -0.255. The Morgan fingerprint density at radius 2 is 2.09 bits per heavy atom. The van der Waals surface area contributed by atoms with Gasteiger partial charge >= 0.3 is 0 Å². The Morgan fingerprint density at radius 1 is 1.36 bits per heavy atom. The van der Waals surface area contributed by atoms with Gasteiger partial charge in [0.25, 0.3) is 0 Å². The van der Waals surface area contributed by atoms with Crippen LogP contribution in [0.15, 0.2) is 30.5 Å². The summed E-state index contributed by atoms with van der Waals surface area (Å²) in [6, 6.07) is 6.30. The van der Waals surface area contributed by atoms with Crippen molar-refractivity contribution in [2.75, 3.05) is 13.1 Å². The van der Waals surface area contributed by atoms with Crippen LogP contribution in [-0.2, 0) is 4.79 Å². The van der Waals surface area contributed by atoms with Crippen molar-refractivity contribution in [1.29, 1.82) is 0 Å². The monoisotopic (exact) mass is 301 g/mol. The number of hydrogen-bond donors (Lipinski definition) is 1. The van der Waals surface area contributed by atoms with E-state index in [0.29, 0.717) is 18.9 Å². The molecule has 2 heterocycles. The van der Waals surface area contributed by atoms with Crippen molar-refractivity contribution in [3.05, 3.63) is 42.1 Å². The van der Waals surface area contributed by atoms with Gasteiger partial charge < -0.3 is 9.88 Å². The van der Waals surface area contributed by atoms with Gasteiger partial charge in [0.15, 0.2) is 0 Å². The molecule has 1 fully saturated rings. The van der Waals surface area contributed by atoms with Gasteiger partial charge in [-0.05, 0) is 35.7 Å². The third kappa shape index (κ3) is 3.03. The Morgan fingerprint density at radius 3 is 2.77 bits per heavy atom. The van der Waals surface area contributed by atoms with E-state index in [-0.39, 0.29) is 17.6 Å². The van der Waals surface area contributed by atoms with E-state index in [2.05, 4.69) is 23.8 Å². The fraction of sp³-hybridized carbons (Fsp3) is 0.412. The number of nitrogens with one attached hydrogen (secondary N) is 1. The fourth-order valence-electron chi connectivity index (χ4n) is 2.89. The highest BCUT2D eigenvalue weighted by molar-refractivity contribution is 5.79. The molecule has 0 aliphatic carbocycles. The van der Waals surface area contributed by atoms with Gasteiger partial charge in [-0.25, -0.2) is 9.37 Å². The van der Waals surface area contributed by atoms with Crippen LogP contribution in [0, 0.1) is 11.7 Å². The van der Waals surface area contributed by atoms with E-state index in [9.17, 15) is 9.18 Å². The standard InChI is InChI=1S/C17H20FN3O/c1-11(2)9-21-10-13(7-16(21)22)17-19-8-15(20-17)12-3-5-14(18)6-4-12/h3-6,8,11,13H,7,9-10H2,1-2H3,(H,19,20). The fourth-order valence-corrected chi connectivity index (χ4v) is 2.89. The third-order valence-electron chi connectivity index (χ3n) is 3.94. The summed E-state index contributed by atoms with van der Waals surface area (Å²) < 4.78 is 13.0. The summed E-state index contributed by atoms with van der Waals surface area (Å²) in [6.45, 7) is 5.73. The minimum absolute atomic E-state index is 0.112. The van der Waals surface area contributed by atoms with Crippen LogP contribution in [0.3, 0.4) is 0 Å². The number of likely N-dealkylation sites (tertiary alicyclic amines) is 1. The van der Waals surface area contributed by atoms with Crippen LogP contribution in [0.1, 0.15) is 32.0 Å². The topological polar surface area (TPSA) is 49.0 Å². The highest BCUT2D eigenvalue weighted by Crippen LogP contribution is 2.28. The lowest BCUT2D eigenvalue weighted by Gasteiger charge is -2.18. The zero-order valence-electron chi connectivity index (χ0n) is 12.8. The normalized spacial score (nSPS) is 18.5. The smallest absolute Gasteiger partial charge is 0.223 e. The molecule has 0 spiro atoms. The molecule has 1 N–H and O–H groups in total. The zero-order chi connectivity index (χ0) is 15.7. The second-order valence-corrected chi connectivity index (χ2v) is 6.28. The van der Waals surface area contributed by atoms with Crippen molar-refractivity contribution in [2.45, 2.75) is 26.2 Å². The number of carbonyl (C=O) groups excluding carboxylic acids is 1. The van der Waals surface area contributed by atoms with E-state index in [0.717, 1.165) is 23.6 Å². The van der Waals surface area contributed by atoms with Gasteiger partial charge in [0.1, 0.15) is 11.6 Å². The molecule has 22 heavy (non-hydrogen) atoms. The molecule has 1 aliphatic rings. The van der Waals surface area contributed by atoms with Gasteiger partial charge in [0, 0.05) is 25.4 Å². The van der Waals surface area contributed by atoms with Crippen LogP contribution in [0.25, 0.3) is 11.3 Å². The number of rotatable bonds is 4. The van der Waals surface area contributed by atoms with Crippen LogP contribution < -0.4 is 0 Å². The SMILES string of the molecule is CC(C)CN1CC(c2ncc(-c3ccc(F)cc3)[nH]2)CC1=O. The van der Waals surface area contributed by atoms with Gasteiger partial charge in [-0.1, -0.05) is 13.8 Å². The number of nitrogens with zero attached hydrogens (tertiary/aromatic N) is 2. The Hall–Kier alpha value is -2.17. The molecule has 1 aromatic heterocycles. The second kappa shape index (κ2) is 5.91. The Balaban J connectivity index is 1.74. The van der Waals surface area contributed by atoms with Crippen molar-refractivity contribution in [3.8, 4) is 11.3 Å². The number of H-pyrrole nitrogens is 1. The van der Waals surface area contributed by atoms with Gasteiger partial charge in [-0.2, -0.15) is 0 Å². The number of amides is 1. The molecule has 1 aromatic carbocycles. The van der Waals surface area contributed by atoms with Gasteiger partial charge in [-0.3, -0.25) is 4.79 Å². The lowest BCUT2D eigenvalue weighted by atomic mass is 10.1. The van der Waals surface area contributed by atoms with Crippen molar-refractivity contribution in [2.24, 2.45) is 5.92 Å². The van der Waals surface area contributed by atoms with Crippen LogP contribution in [0.4, 0.5) is 4.39 Å². The number of aromatic nitrogens is 2. The molecule has 3 rings (SSSR count). The molecule has 1 aliphatic heterocycles. The predicted octanol–water partition coefficient (Wildman–Crippen LogP) is 3.19. The molecule has 2 aromatic rings. The minimum Gasteiger partial charge on any atom is -0.342 e. The number of carbonyl (C=O) groups is 1. The van der Waals surface area contributed by atoms with Gasteiger partial charge in [0.05, 0.1) is 11.9 Å². The van der Waals surface area contributed by atoms with Crippen molar-refractivity contribution in [3.63, 3.8) is 0 Å². The van der Waals surface area contributed by atoms with E-state index in [1.165, 1.54) is 12.1 Å². The molecule has 1 amide bonds. The average Bonchev–Trinajstić information content (AvgIpc) is 3.07.